The van der Waals surface area contributed by atoms with E-state index in [-0.39, 0.29) is 17.7 Å². The third-order valence-electron chi connectivity index (χ3n) is 3.16. The van der Waals surface area contributed by atoms with E-state index in [2.05, 4.69) is 15.5 Å². The number of carbonyl (C=O) groups is 2. The third-order valence-corrected chi connectivity index (χ3v) is 3.16. The number of amides is 1. The molecule has 2 aromatic rings. The summed E-state index contributed by atoms with van der Waals surface area (Å²) in [5, 5.41) is 18.3. The van der Waals surface area contributed by atoms with Crippen molar-refractivity contribution in [2.45, 2.75) is 25.8 Å². The van der Waals surface area contributed by atoms with E-state index >= 15 is 0 Å². The Bertz CT molecular complexity index is 738. The number of aromatic nitrogens is 2. The van der Waals surface area contributed by atoms with Crippen LogP contribution in [-0.2, 0) is 4.79 Å². The van der Waals surface area contributed by atoms with Crippen molar-refractivity contribution in [3.05, 3.63) is 40.3 Å². The molecule has 1 amide bonds. The second kappa shape index (κ2) is 6.17. The maximum absolute atomic E-state index is 12.2. The first-order chi connectivity index (χ1) is 10.0. The lowest BCUT2D eigenvalue weighted by atomic mass is 10.1. The summed E-state index contributed by atoms with van der Waals surface area (Å²) in [5.41, 5.74) is -0.297. The number of aromatic amines is 1. The molecule has 2 rings (SSSR count). The molecule has 1 heterocycles. The van der Waals surface area contributed by atoms with Crippen LogP contribution in [0.15, 0.2) is 29.1 Å². The molecule has 0 bridgehead atoms. The number of hydrogen-bond donors (Lipinski definition) is 3. The summed E-state index contributed by atoms with van der Waals surface area (Å²) in [4.78, 5) is 34.6. The highest BCUT2D eigenvalue weighted by atomic mass is 16.4. The van der Waals surface area contributed by atoms with Gasteiger partial charge in [-0.3, -0.25) is 14.4 Å². The first-order valence-electron chi connectivity index (χ1n) is 6.53. The third kappa shape index (κ3) is 3.25. The molecule has 21 heavy (non-hydrogen) atoms. The molecule has 1 atom stereocenters. The molecule has 0 fully saturated rings. The Balaban J connectivity index is 2.34. The van der Waals surface area contributed by atoms with Gasteiger partial charge in [0.2, 0.25) is 0 Å². The number of rotatable bonds is 5. The van der Waals surface area contributed by atoms with E-state index in [0.29, 0.717) is 17.2 Å². The number of fused-ring (bicyclic) bond motifs is 1. The van der Waals surface area contributed by atoms with E-state index in [1.807, 2.05) is 0 Å². The molecule has 1 unspecified atom stereocenters. The average Bonchev–Trinajstić information content (AvgIpc) is 2.46. The monoisotopic (exact) mass is 289 g/mol. The number of nitrogens with one attached hydrogen (secondary N) is 2. The minimum absolute atomic E-state index is 0.0778. The highest BCUT2D eigenvalue weighted by Gasteiger charge is 2.18. The second-order valence-corrected chi connectivity index (χ2v) is 4.62. The van der Waals surface area contributed by atoms with Gasteiger partial charge in [0.15, 0.2) is 5.69 Å². The van der Waals surface area contributed by atoms with Crippen molar-refractivity contribution in [2.24, 2.45) is 0 Å². The number of benzene rings is 1. The van der Waals surface area contributed by atoms with Crippen molar-refractivity contribution in [1.29, 1.82) is 0 Å². The van der Waals surface area contributed by atoms with Gasteiger partial charge in [-0.05, 0) is 12.5 Å². The van der Waals surface area contributed by atoms with Crippen molar-refractivity contribution >= 4 is 22.6 Å². The Kier molecular flexibility index (Phi) is 4.32. The number of aliphatic carboxylic acids is 1. The lowest BCUT2D eigenvalue weighted by Gasteiger charge is -2.14. The Hall–Kier alpha value is -2.70. The summed E-state index contributed by atoms with van der Waals surface area (Å²) >= 11 is 0. The molecule has 0 radical (unpaired) electrons. The number of H-pyrrole nitrogens is 1. The minimum Gasteiger partial charge on any atom is -0.481 e. The minimum atomic E-state index is -0.985. The molecule has 1 aromatic heterocycles. The molecule has 3 N–H and O–H groups in total. The van der Waals surface area contributed by atoms with Crippen LogP contribution in [0.5, 0.6) is 0 Å². The van der Waals surface area contributed by atoms with Crippen LogP contribution in [0.2, 0.25) is 0 Å². The average molecular weight is 289 g/mol. The fourth-order valence-electron chi connectivity index (χ4n) is 2.05. The summed E-state index contributed by atoms with van der Waals surface area (Å²) in [6, 6.07) is 6.14. The Morgan fingerprint density at radius 1 is 1.33 bits per heavy atom. The molecule has 0 spiro atoms. The first kappa shape index (κ1) is 14.7. The lowest BCUT2D eigenvalue weighted by Crippen LogP contribution is -2.37. The van der Waals surface area contributed by atoms with Crippen molar-refractivity contribution in [2.75, 3.05) is 0 Å². The van der Waals surface area contributed by atoms with Crippen LogP contribution >= 0.6 is 0 Å². The standard InChI is InChI=1S/C14H15N3O4/c1-2-8(7-11(18)19)15-14(21)12-9-5-3-4-6-10(9)13(20)17-16-12/h3-6,8H,2,7H2,1H3,(H,15,21)(H,17,20)(H,18,19). The fourth-order valence-corrected chi connectivity index (χ4v) is 2.05. The van der Waals surface area contributed by atoms with Gasteiger partial charge in [-0.15, -0.1) is 0 Å². The predicted octanol–water partition coefficient (Wildman–Crippen LogP) is 0.906. The van der Waals surface area contributed by atoms with Gasteiger partial charge in [0, 0.05) is 11.4 Å². The Labute approximate surface area is 120 Å². The summed E-state index contributed by atoms with van der Waals surface area (Å²) in [5.74, 6) is -1.49. The molecule has 0 saturated carbocycles. The van der Waals surface area contributed by atoms with Gasteiger partial charge in [0.1, 0.15) is 0 Å². The molecular formula is C14H15N3O4. The number of hydrogen-bond acceptors (Lipinski definition) is 4. The molecular weight excluding hydrogens is 274 g/mol. The van der Waals surface area contributed by atoms with Crippen LogP contribution in [0.4, 0.5) is 0 Å². The van der Waals surface area contributed by atoms with E-state index in [4.69, 9.17) is 5.11 Å². The van der Waals surface area contributed by atoms with Crippen LogP contribution < -0.4 is 10.9 Å². The second-order valence-electron chi connectivity index (χ2n) is 4.62. The summed E-state index contributed by atoms with van der Waals surface area (Å²) in [7, 11) is 0. The summed E-state index contributed by atoms with van der Waals surface area (Å²) in [6.45, 7) is 1.78. The number of carboxylic acid groups (broad SMARTS) is 1. The number of carboxylic acids is 1. The molecule has 0 aliphatic carbocycles. The largest absolute Gasteiger partial charge is 0.481 e. The van der Waals surface area contributed by atoms with Gasteiger partial charge in [-0.25, -0.2) is 5.10 Å². The molecule has 7 heteroatoms. The number of carbonyl (C=O) groups excluding carboxylic acids is 1. The van der Waals surface area contributed by atoms with Gasteiger partial charge in [-0.1, -0.05) is 25.1 Å². The SMILES string of the molecule is CCC(CC(=O)O)NC(=O)c1n[nH]c(=O)c2ccccc12. The normalized spacial score (nSPS) is 12.0. The van der Waals surface area contributed by atoms with Gasteiger partial charge >= 0.3 is 5.97 Å². The predicted molar refractivity (Wildman–Crippen MR) is 76.2 cm³/mol. The number of nitrogens with zero attached hydrogens (tertiary/aromatic N) is 1. The van der Waals surface area contributed by atoms with E-state index in [1.54, 1.807) is 31.2 Å². The van der Waals surface area contributed by atoms with Crippen molar-refractivity contribution in [3.8, 4) is 0 Å². The van der Waals surface area contributed by atoms with Crippen molar-refractivity contribution < 1.29 is 14.7 Å². The summed E-state index contributed by atoms with van der Waals surface area (Å²) < 4.78 is 0. The zero-order valence-corrected chi connectivity index (χ0v) is 11.4. The smallest absolute Gasteiger partial charge is 0.305 e. The van der Waals surface area contributed by atoms with Crippen LogP contribution in [0, 0.1) is 0 Å². The molecule has 0 aliphatic rings. The molecule has 0 aliphatic heterocycles. The maximum Gasteiger partial charge on any atom is 0.305 e. The quantitative estimate of drug-likeness (QED) is 0.757. The molecule has 1 aromatic carbocycles. The molecule has 110 valence electrons. The lowest BCUT2D eigenvalue weighted by molar-refractivity contribution is -0.137. The van der Waals surface area contributed by atoms with Crippen LogP contribution in [-0.4, -0.2) is 33.2 Å². The zero-order chi connectivity index (χ0) is 15.4. The van der Waals surface area contributed by atoms with Gasteiger partial charge in [-0.2, -0.15) is 5.10 Å². The van der Waals surface area contributed by atoms with Gasteiger partial charge < -0.3 is 10.4 Å². The van der Waals surface area contributed by atoms with E-state index in [9.17, 15) is 14.4 Å². The van der Waals surface area contributed by atoms with E-state index in [0.717, 1.165) is 0 Å². The molecule has 0 saturated heterocycles. The van der Waals surface area contributed by atoms with E-state index < -0.39 is 17.9 Å². The van der Waals surface area contributed by atoms with Crippen LogP contribution in [0.3, 0.4) is 0 Å². The van der Waals surface area contributed by atoms with Crippen LogP contribution in [0.25, 0.3) is 10.8 Å². The van der Waals surface area contributed by atoms with Gasteiger partial charge in [0.25, 0.3) is 11.5 Å². The van der Waals surface area contributed by atoms with Crippen LogP contribution in [0.1, 0.15) is 30.3 Å². The first-order valence-corrected chi connectivity index (χ1v) is 6.53. The van der Waals surface area contributed by atoms with E-state index in [1.165, 1.54) is 0 Å². The highest BCUT2D eigenvalue weighted by molar-refractivity contribution is 6.04. The fraction of sp³-hybridized carbons (Fsp3) is 0.286. The van der Waals surface area contributed by atoms with Gasteiger partial charge in [0.05, 0.1) is 11.8 Å². The maximum atomic E-state index is 12.2. The molecule has 7 nitrogen and oxygen atoms in total. The topological polar surface area (TPSA) is 112 Å². The highest BCUT2D eigenvalue weighted by Crippen LogP contribution is 2.12. The zero-order valence-electron chi connectivity index (χ0n) is 11.4. The van der Waals surface area contributed by atoms with Crippen molar-refractivity contribution in [3.63, 3.8) is 0 Å². The Morgan fingerprint density at radius 2 is 2.00 bits per heavy atom. The Morgan fingerprint density at radius 3 is 2.62 bits per heavy atom. The summed E-state index contributed by atoms with van der Waals surface area (Å²) in [6.07, 6.45) is 0.322. The van der Waals surface area contributed by atoms with Crippen molar-refractivity contribution in [1.82, 2.24) is 15.5 Å².